The van der Waals surface area contributed by atoms with Crippen LogP contribution in [0.15, 0.2) is 28.7 Å². The molecule has 2 rings (SSSR count). The van der Waals surface area contributed by atoms with Gasteiger partial charge in [-0.1, -0.05) is 36.7 Å². The van der Waals surface area contributed by atoms with Gasteiger partial charge in [0.25, 0.3) is 0 Å². The molecule has 3 heteroatoms. The van der Waals surface area contributed by atoms with E-state index in [1.165, 1.54) is 0 Å². The van der Waals surface area contributed by atoms with Crippen LogP contribution >= 0.6 is 15.9 Å². The van der Waals surface area contributed by atoms with Crippen LogP contribution < -0.4 is 5.73 Å². The monoisotopic (exact) mass is 292 g/mol. The van der Waals surface area contributed by atoms with Gasteiger partial charge in [-0.25, -0.2) is 0 Å². The van der Waals surface area contributed by atoms with Gasteiger partial charge < -0.3 is 5.73 Å². The molecule has 0 spiro atoms. The highest BCUT2D eigenvalue weighted by Gasteiger charge is 2.17. The van der Waals surface area contributed by atoms with E-state index in [-0.39, 0.29) is 5.41 Å². The lowest BCUT2D eigenvalue weighted by molar-refractivity contribution is 0.570. The summed E-state index contributed by atoms with van der Waals surface area (Å²) < 4.78 is 1.06. The van der Waals surface area contributed by atoms with Crippen molar-refractivity contribution in [3.63, 3.8) is 0 Å². The maximum Gasteiger partial charge on any atom is 0.0709 e. The largest absolute Gasteiger partial charge is 0.326 e. The first-order valence-corrected chi connectivity index (χ1v) is 6.51. The first kappa shape index (κ1) is 12.5. The number of nitrogens with zero attached hydrogens (tertiary/aromatic N) is 1. The minimum Gasteiger partial charge on any atom is -0.326 e. The molecule has 2 N–H and O–H groups in total. The van der Waals surface area contributed by atoms with Crippen LogP contribution in [0.5, 0.6) is 0 Å². The standard InChI is InChI=1S/C14H17BrN2/c1-14(2,3)13-6-9(8-16)11-7-10(15)4-5-12(11)17-13/h4-7H,8,16H2,1-3H3. The molecule has 2 nitrogen and oxygen atoms in total. The van der Waals surface area contributed by atoms with E-state index in [2.05, 4.69) is 48.8 Å². The van der Waals surface area contributed by atoms with Gasteiger partial charge in [-0.15, -0.1) is 0 Å². The second-order valence-corrected chi connectivity index (χ2v) is 6.20. The molecule has 0 aliphatic heterocycles. The lowest BCUT2D eigenvalue weighted by atomic mass is 9.90. The van der Waals surface area contributed by atoms with Crippen molar-refractivity contribution in [2.75, 3.05) is 0 Å². The van der Waals surface area contributed by atoms with Crippen LogP contribution in [0.4, 0.5) is 0 Å². The van der Waals surface area contributed by atoms with Gasteiger partial charge in [0.1, 0.15) is 0 Å². The van der Waals surface area contributed by atoms with Crippen molar-refractivity contribution in [1.29, 1.82) is 0 Å². The van der Waals surface area contributed by atoms with Crippen molar-refractivity contribution in [1.82, 2.24) is 4.98 Å². The van der Waals surface area contributed by atoms with E-state index in [4.69, 9.17) is 10.7 Å². The van der Waals surface area contributed by atoms with E-state index < -0.39 is 0 Å². The van der Waals surface area contributed by atoms with Crippen LogP contribution in [0, 0.1) is 0 Å². The molecule has 0 atom stereocenters. The first-order chi connectivity index (χ1) is 7.91. The molecule has 0 fully saturated rings. The third-order valence-electron chi connectivity index (χ3n) is 2.84. The Kier molecular flexibility index (Phi) is 3.23. The number of nitrogens with two attached hydrogens (primary N) is 1. The molecule has 0 saturated heterocycles. The number of halogens is 1. The van der Waals surface area contributed by atoms with Crippen LogP contribution in [-0.2, 0) is 12.0 Å². The Morgan fingerprint density at radius 1 is 1.24 bits per heavy atom. The minimum absolute atomic E-state index is 0.0468. The van der Waals surface area contributed by atoms with Crippen LogP contribution in [-0.4, -0.2) is 4.98 Å². The highest BCUT2D eigenvalue weighted by molar-refractivity contribution is 9.10. The summed E-state index contributed by atoms with van der Waals surface area (Å²) in [6.07, 6.45) is 0. The number of pyridine rings is 1. The summed E-state index contributed by atoms with van der Waals surface area (Å²) in [6, 6.07) is 8.25. The smallest absolute Gasteiger partial charge is 0.0709 e. The van der Waals surface area contributed by atoms with Crippen LogP contribution in [0.1, 0.15) is 32.0 Å². The predicted molar refractivity (Wildman–Crippen MR) is 76.0 cm³/mol. The molecule has 1 aromatic carbocycles. The van der Waals surface area contributed by atoms with Gasteiger partial charge in [0.05, 0.1) is 5.52 Å². The normalized spacial score (nSPS) is 12.1. The molecule has 0 aliphatic rings. The lowest BCUT2D eigenvalue weighted by Crippen LogP contribution is -2.15. The van der Waals surface area contributed by atoms with E-state index in [1.807, 2.05) is 12.1 Å². The predicted octanol–water partition coefficient (Wildman–Crippen LogP) is 3.75. The Labute approximate surface area is 110 Å². The Hall–Kier alpha value is -0.930. The third kappa shape index (κ3) is 2.50. The molecule has 0 amide bonds. The zero-order valence-corrected chi connectivity index (χ0v) is 12.0. The number of rotatable bonds is 1. The van der Waals surface area contributed by atoms with Crippen molar-refractivity contribution in [2.24, 2.45) is 5.73 Å². The fraction of sp³-hybridized carbons (Fsp3) is 0.357. The maximum atomic E-state index is 5.84. The summed E-state index contributed by atoms with van der Waals surface area (Å²) in [5.74, 6) is 0. The van der Waals surface area contributed by atoms with Gasteiger partial charge in [-0.2, -0.15) is 0 Å². The summed E-state index contributed by atoms with van der Waals surface area (Å²) in [6.45, 7) is 7.04. The zero-order chi connectivity index (χ0) is 12.6. The van der Waals surface area contributed by atoms with E-state index in [1.54, 1.807) is 0 Å². The Morgan fingerprint density at radius 3 is 2.53 bits per heavy atom. The molecule has 0 bridgehead atoms. The average molecular weight is 293 g/mol. The van der Waals surface area contributed by atoms with Crippen LogP contribution in [0.3, 0.4) is 0 Å². The second-order valence-electron chi connectivity index (χ2n) is 5.28. The molecule has 0 aliphatic carbocycles. The molecule has 1 aromatic heterocycles. The molecular formula is C14H17BrN2. The number of benzene rings is 1. The number of hydrogen-bond donors (Lipinski definition) is 1. The van der Waals surface area contributed by atoms with Crippen LogP contribution in [0.2, 0.25) is 0 Å². The zero-order valence-electron chi connectivity index (χ0n) is 10.4. The van der Waals surface area contributed by atoms with Crippen molar-refractivity contribution < 1.29 is 0 Å². The summed E-state index contributed by atoms with van der Waals surface area (Å²) in [7, 11) is 0. The second kappa shape index (κ2) is 4.39. The number of fused-ring (bicyclic) bond motifs is 1. The van der Waals surface area contributed by atoms with Crippen molar-refractivity contribution in [3.05, 3.63) is 40.0 Å². The van der Waals surface area contributed by atoms with Crippen molar-refractivity contribution in [3.8, 4) is 0 Å². The van der Waals surface area contributed by atoms with Gasteiger partial charge in [0.2, 0.25) is 0 Å². The fourth-order valence-electron chi connectivity index (χ4n) is 1.82. The highest BCUT2D eigenvalue weighted by atomic mass is 79.9. The van der Waals surface area contributed by atoms with Crippen molar-refractivity contribution in [2.45, 2.75) is 32.7 Å². The van der Waals surface area contributed by atoms with Crippen molar-refractivity contribution >= 4 is 26.8 Å². The molecule has 2 aromatic rings. The Bertz CT molecular complexity index is 556. The molecule has 17 heavy (non-hydrogen) atoms. The van der Waals surface area contributed by atoms with Gasteiger partial charge in [-0.05, 0) is 29.8 Å². The topological polar surface area (TPSA) is 38.9 Å². The maximum absolute atomic E-state index is 5.84. The molecule has 90 valence electrons. The fourth-order valence-corrected chi connectivity index (χ4v) is 2.18. The lowest BCUT2D eigenvalue weighted by Gasteiger charge is -2.19. The van der Waals surface area contributed by atoms with E-state index in [0.717, 1.165) is 26.6 Å². The molecule has 1 heterocycles. The molecule has 0 saturated carbocycles. The average Bonchev–Trinajstić information content (AvgIpc) is 2.26. The summed E-state index contributed by atoms with van der Waals surface area (Å²) in [5.41, 5.74) is 9.14. The summed E-state index contributed by atoms with van der Waals surface area (Å²) in [4.78, 5) is 4.72. The van der Waals surface area contributed by atoms with Gasteiger partial charge in [-0.3, -0.25) is 4.98 Å². The highest BCUT2D eigenvalue weighted by Crippen LogP contribution is 2.27. The minimum atomic E-state index is 0.0468. The van der Waals surface area contributed by atoms with Gasteiger partial charge in [0, 0.05) is 27.5 Å². The molecule has 0 radical (unpaired) electrons. The first-order valence-electron chi connectivity index (χ1n) is 5.71. The third-order valence-corrected chi connectivity index (χ3v) is 3.34. The van der Waals surface area contributed by atoms with E-state index in [9.17, 15) is 0 Å². The quantitative estimate of drug-likeness (QED) is 0.869. The molecule has 0 unspecified atom stereocenters. The summed E-state index contributed by atoms with van der Waals surface area (Å²) >= 11 is 3.49. The van der Waals surface area contributed by atoms with Gasteiger partial charge >= 0.3 is 0 Å². The van der Waals surface area contributed by atoms with Gasteiger partial charge in [0.15, 0.2) is 0 Å². The number of hydrogen-bond acceptors (Lipinski definition) is 2. The van der Waals surface area contributed by atoms with E-state index in [0.29, 0.717) is 6.54 Å². The Morgan fingerprint density at radius 2 is 1.94 bits per heavy atom. The van der Waals surface area contributed by atoms with Crippen LogP contribution in [0.25, 0.3) is 10.9 Å². The number of aromatic nitrogens is 1. The Balaban J connectivity index is 2.75. The molecular weight excluding hydrogens is 276 g/mol. The SMILES string of the molecule is CC(C)(C)c1cc(CN)c2cc(Br)ccc2n1. The van der Waals surface area contributed by atoms with E-state index >= 15 is 0 Å². The summed E-state index contributed by atoms with van der Waals surface area (Å²) in [5, 5.41) is 1.13.